The zero-order chi connectivity index (χ0) is 10.1. The monoisotopic (exact) mass is 200 g/mol. The lowest BCUT2D eigenvalue weighted by Gasteiger charge is -1.95. The third kappa shape index (κ3) is 1.86. The summed E-state index contributed by atoms with van der Waals surface area (Å²) in [5.74, 6) is 0. The molecule has 15 heavy (non-hydrogen) atoms. The number of nitrogens with zero attached hydrogens (tertiary/aromatic N) is 1. The standard InChI is InChI=1S/C12H12N2O/c1-2-4-9(5-3-1)11-8-15-12(14-11)13-10-6-7-10/h1-5,8,10H,6-7H2,(H,13,14). The Morgan fingerprint density at radius 1 is 1.20 bits per heavy atom. The molecular formula is C12H12N2O. The van der Waals surface area contributed by atoms with Crippen LogP contribution in [0.15, 0.2) is 41.0 Å². The lowest BCUT2D eigenvalue weighted by Crippen LogP contribution is -2.00. The van der Waals surface area contributed by atoms with E-state index in [4.69, 9.17) is 4.42 Å². The molecule has 1 heterocycles. The minimum atomic E-state index is 0.576. The molecule has 0 spiro atoms. The zero-order valence-electron chi connectivity index (χ0n) is 8.31. The molecule has 3 rings (SSSR count). The third-order valence-electron chi connectivity index (χ3n) is 2.48. The first-order valence-electron chi connectivity index (χ1n) is 5.19. The first-order valence-corrected chi connectivity index (χ1v) is 5.19. The minimum Gasteiger partial charge on any atom is -0.432 e. The molecule has 1 aromatic carbocycles. The first kappa shape index (κ1) is 8.53. The first-order chi connectivity index (χ1) is 7.42. The highest BCUT2D eigenvalue weighted by molar-refractivity contribution is 5.59. The SMILES string of the molecule is c1ccc(-c2coc(NC3CC3)n2)cc1. The lowest BCUT2D eigenvalue weighted by molar-refractivity contribution is 0.571. The number of oxazole rings is 1. The van der Waals surface area contributed by atoms with Crippen LogP contribution in [-0.4, -0.2) is 11.0 Å². The smallest absolute Gasteiger partial charge is 0.295 e. The van der Waals surface area contributed by atoms with E-state index in [1.165, 1.54) is 12.8 Å². The maximum absolute atomic E-state index is 5.35. The van der Waals surface area contributed by atoms with Gasteiger partial charge >= 0.3 is 0 Å². The summed E-state index contributed by atoms with van der Waals surface area (Å²) in [7, 11) is 0. The summed E-state index contributed by atoms with van der Waals surface area (Å²) in [4.78, 5) is 4.38. The second-order valence-electron chi connectivity index (χ2n) is 3.82. The van der Waals surface area contributed by atoms with E-state index in [9.17, 15) is 0 Å². The van der Waals surface area contributed by atoms with Gasteiger partial charge < -0.3 is 9.73 Å². The van der Waals surface area contributed by atoms with Crippen molar-refractivity contribution in [1.82, 2.24) is 4.98 Å². The van der Waals surface area contributed by atoms with Gasteiger partial charge in [-0.15, -0.1) is 0 Å². The van der Waals surface area contributed by atoms with Gasteiger partial charge in [0.1, 0.15) is 12.0 Å². The summed E-state index contributed by atoms with van der Waals surface area (Å²) in [6.07, 6.45) is 4.14. The Kier molecular flexibility index (Phi) is 1.95. The van der Waals surface area contributed by atoms with Crippen LogP contribution in [0.5, 0.6) is 0 Å². The minimum absolute atomic E-state index is 0.576. The van der Waals surface area contributed by atoms with Gasteiger partial charge in [0.2, 0.25) is 0 Å². The van der Waals surface area contributed by atoms with Crippen molar-refractivity contribution >= 4 is 6.01 Å². The molecule has 0 unspecified atom stereocenters. The van der Waals surface area contributed by atoms with Crippen LogP contribution in [0.25, 0.3) is 11.3 Å². The molecule has 3 heteroatoms. The van der Waals surface area contributed by atoms with Gasteiger partial charge in [0.05, 0.1) is 0 Å². The Morgan fingerprint density at radius 3 is 2.73 bits per heavy atom. The number of hydrogen-bond donors (Lipinski definition) is 1. The maximum Gasteiger partial charge on any atom is 0.295 e. The zero-order valence-corrected chi connectivity index (χ0v) is 8.31. The van der Waals surface area contributed by atoms with Crippen LogP contribution in [0, 0.1) is 0 Å². The Morgan fingerprint density at radius 2 is 2.00 bits per heavy atom. The van der Waals surface area contributed by atoms with E-state index in [2.05, 4.69) is 10.3 Å². The number of aromatic nitrogens is 1. The quantitative estimate of drug-likeness (QED) is 0.827. The van der Waals surface area contributed by atoms with E-state index < -0.39 is 0 Å². The molecule has 2 aromatic rings. The molecule has 1 aliphatic rings. The molecule has 1 N–H and O–H groups in total. The molecule has 1 aliphatic carbocycles. The molecule has 0 radical (unpaired) electrons. The average molecular weight is 200 g/mol. The number of hydrogen-bond acceptors (Lipinski definition) is 3. The summed E-state index contributed by atoms with van der Waals surface area (Å²) in [6, 6.07) is 11.3. The van der Waals surface area contributed by atoms with E-state index >= 15 is 0 Å². The van der Waals surface area contributed by atoms with E-state index in [0.29, 0.717) is 12.1 Å². The molecule has 1 saturated carbocycles. The molecule has 0 saturated heterocycles. The van der Waals surface area contributed by atoms with Gasteiger partial charge in [-0.25, -0.2) is 0 Å². The van der Waals surface area contributed by atoms with Crippen LogP contribution in [0.2, 0.25) is 0 Å². The average Bonchev–Trinajstić information content (AvgIpc) is 2.96. The van der Waals surface area contributed by atoms with Crippen molar-refractivity contribution in [3.05, 3.63) is 36.6 Å². The summed E-state index contributed by atoms with van der Waals surface area (Å²) in [6.45, 7) is 0. The van der Waals surface area contributed by atoms with Gasteiger partial charge in [0, 0.05) is 11.6 Å². The van der Waals surface area contributed by atoms with Crippen molar-refractivity contribution < 1.29 is 4.42 Å². The molecule has 3 nitrogen and oxygen atoms in total. The van der Waals surface area contributed by atoms with E-state index in [1.807, 2.05) is 30.3 Å². The highest BCUT2D eigenvalue weighted by Gasteiger charge is 2.22. The van der Waals surface area contributed by atoms with Crippen molar-refractivity contribution in [2.24, 2.45) is 0 Å². The molecule has 0 aliphatic heterocycles. The number of benzene rings is 1. The number of nitrogens with one attached hydrogen (secondary N) is 1. The van der Waals surface area contributed by atoms with Crippen LogP contribution in [0.3, 0.4) is 0 Å². The molecule has 1 aromatic heterocycles. The predicted molar refractivity (Wildman–Crippen MR) is 58.6 cm³/mol. The number of rotatable bonds is 3. The van der Waals surface area contributed by atoms with Gasteiger partial charge in [-0.05, 0) is 12.8 Å². The van der Waals surface area contributed by atoms with Crippen LogP contribution in [0.1, 0.15) is 12.8 Å². The Bertz CT molecular complexity index is 446. The van der Waals surface area contributed by atoms with E-state index in [-0.39, 0.29) is 0 Å². The molecule has 0 bridgehead atoms. The van der Waals surface area contributed by atoms with Gasteiger partial charge in [-0.2, -0.15) is 4.98 Å². The van der Waals surface area contributed by atoms with Crippen LogP contribution in [-0.2, 0) is 0 Å². The highest BCUT2D eigenvalue weighted by atomic mass is 16.4. The Balaban J connectivity index is 1.83. The third-order valence-corrected chi connectivity index (χ3v) is 2.48. The van der Waals surface area contributed by atoms with Crippen LogP contribution in [0.4, 0.5) is 6.01 Å². The molecule has 76 valence electrons. The predicted octanol–water partition coefficient (Wildman–Crippen LogP) is 2.92. The molecule has 0 atom stereocenters. The Hall–Kier alpha value is -1.77. The summed E-state index contributed by atoms with van der Waals surface area (Å²) in [5, 5.41) is 3.23. The van der Waals surface area contributed by atoms with Gasteiger partial charge in [-0.3, -0.25) is 0 Å². The summed E-state index contributed by atoms with van der Waals surface area (Å²) >= 11 is 0. The van der Waals surface area contributed by atoms with Crippen molar-refractivity contribution in [3.8, 4) is 11.3 Å². The number of anilines is 1. The maximum atomic E-state index is 5.35. The van der Waals surface area contributed by atoms with Crippen molar-refractivity contribution in [2.75, 3.05) is 5.32 Å². The van der Waals surface area contributed by atoms with Crippen molar-refractivity contribution in [1.29, 1.82) is 0 Å². The normalized spacial score (nSPS) is 15.2. The molecule has 0 amide bonds. The van der Waals surface area contributed by atoms with Gasteiger partial charge in [0.25, 0.3) is 6.01 Å². The largest absolute Gasteiger partial charge is 0.432 e. The van der Waals surface area contributed by atoms with E-state index in [1.54, 1.807) is 6.26 Å². The van der Waals surface area contributed by atoms with Gasteiger partial charge in [0.15, 0.2) is 0 Å². The second-order valence-corrected chi connectivity index (χ2v) is 3.82. The highest BCUT2D eigenvalue weighted by Crippen LogP contribution is 2.26. The molecular weight excluding hydrogens is 188 g/mol. The van der Waals surface area contributed by atoms with Gasteiger partial charge in [-0.1, -0.05) is 30.3 Å². The van der Waals surface area contributed by atoms with Crippen LogP contribution >= 0.6 is 0 Å². The van der Waals surface area contributed by atoms with Crippen molar-refractivity contribution in [3.63, 3.8) is 0 Å². The van der Waals surface area contributed by atoms with E-state index in [0.717, 1.165) is 11.3 Å². The topological polar surface area (TPSA) is 38.1 Å². The fourth-order valence-corrected chi connectivity index (χ4v) is 1.48. The summed E-state index contributed by atoms with van der Waals surface area (Å²) in [5.41, 5.74) is 1.98. The fourth-order valence-electron chi connectivity index (χ4n) is 1.48. The van der Waals surface area contributed by atoms with Crippen molar-refractivity contribution in [2.45, 2.75) is 18.9 Å². The van der Waals surface area contributed by atoms with Crippen LogP contribution < -0.4 is 5.32 Å². The lowest BCUT2D eigenvalue weighted by atomic mass is 10.2. The Labute approximate surface area is 88.1 Å². The summed E-state index contributed by atoms with van der Waals surface area (Å²) < 4.78 is 5.35. The second kappa shape index (κ2) is 3.42. The fraction of sp³-hybridized carbons (Fsp3) is 0.250. The molecule has 1 fully saturated rings.